The third-order valence-electron chi connectivity index (χ3n) is 5.74. The van der Waals surface area contributed by atoms with Gasteiger partial charge in [0, 0.05) is 29.5 Å². The van der Waals surface area contributed by atoms with Crippen molar-refractivity contribution < 1.29 is 4.79 Å². The summed E-state index contributed by atoms with van der Waals surface area (Å²) in [6, 6.07) is 26.4. The maximum Gasteiger partial charge on any atom is 0.257 e. The highest BCUT2D eigenvalue weighted by Gasteiger charge is 2.18. The lowest BCUT2D eigenvalue weighted by atomic mass is 10.0. The molecule has 1 aliphatic rings. The highest BCUT2D eigenvalue weighted by molar-refractivity contribution is 7.80. The molecule has 0 saturated carbocycles. The first-order valence-corrected chi connectivity index (χ1v) is 11.2. The maximum absolute atomic E-state index is 12.5. The summed E-state index contributed by atoms with van der Waals surface area (Å²) in [7, 11) is 0. The summed E-state index contributed by atoms with van der Waals surface area (Å²) in [5.41, 5.74) is 4.85. The van der Waals surface area contributed by atoms with Crippen LogP contribution in [0.15, 0.2) is 78.9 Å². The maximum atomic E-state index is 12.5. The minimum absolute atomic E-state index is 0.226. The number of thiocarbonyl (C=S) groups is 1. The molecule has 1 heterocycles. The van der Waals surface area contributed by atoms with E-state index >= 15 is 0 Å². The molecule has 3 aromatic rings. The lowest BCUT2D eigenvalue weighted by Crippen LogP contribution is -2.37. The lowest BCUT2D eigenvalue weighted by molar-refractivity contribution is 0.0978. The average Bonchev–Trinajstić information content (AvgIpc) is 2.81. The smallest absolute Gasteiger partial charge is 0.257 e. The topological polar surface area (TPSA) is 44.4 Å². The van der Waals surface area contributed by atoms with E-state index in [2.05, 4.69) is 34.6 Å². The lowest BCUT2D eigenvalue weighted by Gasteiger charge is -2.35. The van der Waals surface area contributed by atoms with E-state index < -0.39 is 0 Å². The Labute approximate surface area is 189 Å². The monoisotopic (exact) mass is 429 g/mol. The van der Waals surface area contributed by atoms with Crippen molar-refractivity contribution in [2.24, 2.45) is 0 Å². The van der Waals surface area contributed by atoms with Crippen molar-refractivity contribution in [2.75, 3.05) is 16.8 Å². The van der Waals surface area contributed by atoms with Gasteiger partial charge in [-0.3, -0.25) is 10.1 Å². The average molecular weight is 430 g/mol. The third kappa shape index (κ3) is 5.30. The fourth-order valence-corrected chi connectivity index (χ4v) is 4.21. The van der Waals surface area contributed by atoms with Gasteiger partial charge in [-0.15, -0.1) is 0 Å². The van der Waals surface area contributed by atoms with Gasteiger partial charge in [0.2, 0.25) is 0 Å². The number of rotatable bonds is 4. The summed E-state index contributed by atoms with van der Waals surface area (Å²) in [5.74, 6) is -0.226. The van der Waals surface area contributed by atoms with Crippen LogP contribution in [0.4, 0.5) is 11.4 Å². The number of carbonyl (C=O) groups is 1. The summed E-state index contributed by atoms with van der Waals surface area (Å²) in [6.07, 6.45) is 3.79. The van der Waals surface area contributed by atoms with Gasteiger partial charge in [0.05, 0.1) is 0 Å². The van der Waals surface area contributed by atoms with Crippen LogP contribution >= 0.6 is 12.2 Å². The molecule has 0 radical (unpaired) electrons. The van der Waals surface area contributed by atoms with Crippen molar-refractivity contribution in [2.45, 2.75) is 32.2 Å². The van der Waals surface area contributed by atoms with E-state index in [0.717, 1.165) is 23.4 Å². The Morgan fingerprint density at radius 1 is 0.903 bits per heavy atom. The van der Waals surface area contributed by atoms with Crippen LogP contribution < -0.4 is 15.5 Å². The van der Waals surface area contributed by atoms with E-state index in [1.54, 1.807) is 0 Å². The summed E-state index contributed by atoms with van der Waals surface area (Å²) in [6.45, 7) is 3.38. The van der Waals surface area contributed by atoms with Crippen LogP contribution in [-0.4, -0.2) is 23.6 Å². The molecule has 0 spiro atoms. The van der Waals surface area contributed by atoms with Gasteiger partial charge in [0.25, 0.3) is 5.91 Å². The predicted molar refractivity (Wildman–Crippen MR) is 133 cm³/mol. The van der Waals surface area contributed by atoms with E-state index in [9.17, 15) is 4.79 Å². The number of benzene rings is 3. The standard InChI is InChI=1S/C26H27N3OS/c1-19-7-5-6-18-29(19)24-16-14-23(15-17-24)27-26(31)28-25(30)22-12-10-21(11-13-22)20-8-3-2-4-9-20/h2-4,8-17,19H,5-7,18H2,1H3,(H2,27,28,30,31)/t19-/m0/s1. The third-order valence-corrected chi connectivity index (χ3v) is 5.95. The van der Waals surface area contributed by atoms with Crippen LogP contribution in [0, 0.1) is 0 Å². The van der Waals surface area contributed by atoms with E-state index in [1.807, 2.05) is 66.7 Å². The molecule has 3 aromatic carbocycles. The second-order valence-electron chi connectivity index (χ2n) is 7.94. The van der Waals surface area contributed by atoms with Crippen LogP contribution in [0.2, 0.25) is 0 Å². The van der Waals surface area contributed by atoms with Crippen molar-refractivity contribution in [1.29, 1.82) is 0 Å². The quantitative estimate of drug-likeness (QED) is 0.510. The number of piperidine rings is 1. The Hall–Kier alpha value is -3.18. The molecule has 1 aliphatic heterocycles. The molecule has 0 aliphatic carbocycles. The highest BCUT2D eigenvalue weighted by Crippen LogP contribution is 2.26. The zero-order valence-electron chi connectivity index (χ0n) is 17.7. The van der Waals surface area contributed by atoms with Gasteiger partial charge in [0.15, 0.2) is 5.11 Å². The Bertz CT molecular complexity index is 1030. The molecule has 1 atom stereocenters. The molecule has 2 N–H and O–H groups in total. The summed E-state index contributed by atoms with van der Waals surface area (Å²) in [4.78, 5) is 15.0. The largest absolute Gasteiger partial charge is 0.369 e. The number of amides is 1. The Balaban J connectivity index is 1.33. The van der Waals surface area contributed by atoms with Gasteiger partial charge in [-0.1, -0.05) is 42.5 Å². The SMILES string of the molecule is C[C@H]1CCCCN1c1ccc(NC(=S)NC(=O)c2ccc(-c3ccccc3)cc2)cc1. The molecule has 1 fully saturated rings. The van der Waals surface area contributed by atoms with Gasteiger partial charge >= 0.3 is 0 Å². The number of carbonyl (C=O) groups excluding carboxylic acids is 1. The molecule has 4 rings (SSSR count). The molecule has 158 valence electrons. The van der Waals surface area contributed by atoms with Crippen molar-refractivity contribution in [3.63, 3.8) is 0 Å². The van der Waals surface area contributed by atoms with Gasteiger partial charge in [0.1, 0.15) is 0 Å². The van der Waals surface area contributed by atoms with Gasteiger partial charge in [-0.05, 0) is 85.9 Å². The van der Waals surface area contributed by atoms with Crippen LogP contribution in [0.5, 0.6) is 0 Å². The van der Waals surface area contributed by atoms with E-state index in [1.165, 1.54) is 24.9 Å². The van der Waals surface area contributed by atoms with Crippen molar-refractivity contribution in [3.05, 3.63) is 84.4 Å². The predicted octanol–water partition coefficient (Wildman–Crippen LogP) is 5.86. The van der Waals surface area contributed by atoms with Crippen LogP contribution in [-0.2, 0) is 0 Å². The number of nitrogens with zero attached hydrogens (tertiary/aromatic N) is 1. The number of hydrogen-bond donors (Lipinski definition) is 2. The minimum Gasteiger partial charge on any atom is -0.369 e. The van der Waals surface area contributed by atoms with Crippen LogP contribution in [0.3, 0.4) is 0 Å². The normalized spacial score (nSPS) is 15.9. The molecule has 0 unspecified atom stereocenters. The molecular weight excluding hydrogens is 402 g/mol. The van der Waals surface area contributed by atoms with Crippen molar-refractivity contribution in [3.8, 4) is 11.1 Å². The second kappa shape index (κ2) is 9.75. The summed E-state index contributed by atoms with van der Waals surface area (Å²) in [5, 5.41) is 6.15. The van der Waals surface area contributed by atoms with Crippen molar-refractivity contribution >= 4 is 34.6 Å². The van der Waals surface area contributed by atoms with Crippen LogP contribution in [0.1, 0.15) is 36.5 Å². The first kappa shape index (κ1) is 21.1. The molecule has 5 heteroatoms. The highest BCUT2D eigenvalue weighted by atomic mass is 32.1. The molecule has 31 heavy (non-hydrogen) atoms. The minimum atomic E-state index is -0.226. The molecular formula is C26H27N3OS. The molecule has 0 bridgehead atoms. The van der Waals surface area contributed by atoms with Crippen molar-refractivity contribution in [1.82, 2.24) is 5.32 Å². The molecule has 1 amide bonds. The van der Waals surface area contributed by atoms with Crippen LogP contribution in [0.25, 0.3) is 11.1 Å². The number of nitrogens with one attached hydrogen (secondary N) is 2. The molecule has 1 saturated heterocycles. The number of hydrogen-bond acceptors (Lipinski definition) is 3. The Morgan fingerprint density at radius 2 is 1.58 bits per heavy atom. The van der Waals surface area contributed by atoms with E-state index in [-0.39, 0.29) is 11.0 Å². The Morgan fingerprint density at radius 3 is 2.26 bits per heavy atom. The summed E-state index contributed by atoms with van der Waals surface area (Å²) >= 11 is 5.34. The number of anilines is 2. The second-order valence-corrected chi connectivity index (χ2v) is 8.34. The van der Waals surface area contributed by atoms with Gasteiger partial charge < -0.3 is 10.2 Å². The van der Waals surface area contributed by atoms with Gasteiger partial charge in [-0.2, -0.15) is 0 Å². The zero-order chi connectivity index (χ0) is 21.6. The fourth-order valence-electron chi connectivity index (χ4n) is 4.00. The molecule has 0 aromatic heterocycles. The fraction of sp³-hybridized carbons (Fsp3) is 0.231. The first-order chi connectivity index (χ1) is 15.1. The van der Waals surface area contributed by atoms with E-state index in [4.69, 9.17) is 12.2 Å². The van der Waals surface area contributed by atoms with Gasteiger partial charge in [-0.25, -0.2) is 0 Å². The summed E-state index contributed by atoms with van der Waals surface area (Å²) < 4.78 is 0. The first-order valence-electron chi connectivity index (χ1n) is 10.7. The molecule has 4 nitrogen and oxygen atoms in total. The Kier molecular flexibility index (Phi) is 6.63. The van der Waals surface area contributed by atoms with E-state index in [0.29, 0.717) is 11.6 Å². The zero-order valence-corrected chi connectivity index (χ0v) is 18.5.